The van der Waals surface area contributed by atoms with Crippen LogP contribution in [0.4, 0.5) is 0 Å². The maximum absolute atomic E-state index is 13.0. The van der Waals surface area contributed by atoms with E-state index >= 15 is 0 Å². The van der Waals surface area contributed by atoms with Crippen LogP contribution in [0.2, 0.25) is 0 Å². The van der Waals surface area contributed by atoms with Crippen molar-refractivity contribution in [2.75, 3.05) is 13.1 Å². The first kappa shape index (κ1) is 19.4. The van der Waals surface area contributed by atoms with E-state index in [1.54, 1.807) is 31.2 Å². The van der Waals surface area contributed by atoms with Gasteiger partial charge in [0.25, 0.3) is 5.56 Å². The minimum absolute atomic E-state index is 0.0454. The number of aryl methyl sites for hydroxylation is 1. The van der Waals surface area contributed by atoms with Crippen molar-refractivity contribution in [2.24, 2.45) is 0 Å². The lowest BCUT2D eigenvalue weighted by molar-refractivity contribution is 0.103. The second kappa shape index (κ2) is 7.46. The highest BCUT2D eigenvalue weighted by atomic mass is 32.2. The molecule has 1 N–H and O–H groups in total. The molecule has 0 unspecified atom stereocenters. The number of rotatable bonds is 5. The third kappa shape index (κ3) is 3.45. The molecule has 3 aromatic rings. The van der Waals surface area contributed by atoms with Gasteiger partial charge in [0.2, 0.25) is 10.0 Å². The molecule has 29 heavy (non-hydrogen) atoms. The summed E-state index contributed by atoms with van der Waals surface area (Å²) in [5.74, 6) is -0.441. The van der Waals surface area contributed by atoms with E-state index in [0.29, 0.717) is 24.5 Å². The van der Waals surface area contributed by atoms with Gasteiger partial charge in [0, 0.05) is 24.3 Å². The number of sulfonamides is 1. The van der Waals surface area contributed by atoms with E-state index in [4.69, 9.17) is 0 Å². The highest BCUT2D eigenvalue weighted by molar-refractivity contribution is 7.89. The number of H-pyrrole nitrogens is 1. The van der Waals surface area contributed by atoms with E-state index in [1.165, 1.54) is 33.3 Å². The van der Waals surface area contributed by atoms with Crippen molar-refractivity contribution >= 4 is 15.8 Å². The van der Waals surface area contributed by atoms with Crippen LogP contribution in [-0.2, 0) is 10.0 Å². The van der Waals surface area contributed by atoms with E-state index < -0.39 is 21.4 Å². The number of carbonyl (C=O) groups is 1. The zero-order valence-electron chi connectivity index (χ0n) is 16.0. The average Bonchev–Trinajstić information content (AvgIpc) is 3.37. The summed E-state index contributed by atoms with van der Waals surface area (Å²) in [6.45, 7) is 2.70. The minimum Gasteiger partial charge on any atom is -0.295 e. The smallest absolute Gasteiger partial charge is 0.282 e. The standard InChI is InChI=1S/C21H21N3O4S/c1-15-19(21(26)24(22-15)17-7-3-2-4-8-17)20(25)16-9-11-18(12-10-16)29(27,28)23-13-5-6-14-23/h2-4,7-12,22H,5-6,13-14H2,1H3. The first-order valence-electron chi connectivity index (χ1n) is 9.41. The molecule has 0 aliphatic carbocycles. The van der Waals surface area contributed by atoms with Gasteiger partial charge in [-0.05, 0) is 56.2 Å². The summed E-state index contributed by atoms with van der Waals surface area (Å²) in [5, 5.41) is 2.93. The zero-order chi connectivity index (χ0) is 20.6. The highest BCUT2D eigenvalue weighted by Crippen LogP contribution is 2.22. The van der Waals surface area contributed by atoms with Gasteiger partial charge in [-0.3, -0.25) is 14.7 Å². The van der Waals surface area contributed by atoms with Crippen molar-refractivity contribution in [3.8, 4) is 5.69 Å². The molecule has 1 aromatic heterocycles. The van der Waals surface area contributed by atoms with Crippen molar-refractivity contribution in [1.29, 1.82) is 0 Å². The predicted molar refractivity (Wildman–Crippen MR) is 109 cm³/mol. The summed E-state index contributed by atoms with van der Waals surface area (Å²) in [4.78, 5) is 25.9. The van der Waals surface area contributed by atoms with Crippen molar-refractivity contribution in [3.05, 3.63) is 81.8 Å². The SMILES string of the molecule is Cc1[nH]n(-c2ccccc2)c(=O)c1C(=O)c1ccc(S(=O)(=O)N2CCCC2)cc1. The first-order valence-corrected chi connectivity index (χ1v) is 10.9. The molecule has 4 rings (SSSR count). The van der Waals surface area contributed by atoms with Crippen molar-refractivity contribution in [1.82, 2.24) is 14.1 Å². The quantitative estimate of drug-likeness (QED) is 0.653. The molecule has 2 heterocycles. The van der Waals surface area contributed by atoms with E-state index in [2.05, 4.69) is 5.10 Å². The lowest BCUT2D eigenvalue weighted by Gasteiger charge is -2.15. The van der Waals surface area contributed by atoms with E-state index in [-0.39, 0.29) is 16.0 Å². The molecule has 0 saturated carbocycles. The topological polar surface area (TPSA) is 92.2 Å². The van der Waals surface area contributed by atoms with Crippen molar-refractivity contribution in [2.45, 2.75) is 24.7 Å². The fraction of sp³-hybridized carbons (Fsp3) is 0.238. The maximum atomic E-state index is 13.0. The van der Waals surface area contributed by atoms with Gasteiger partial charge in [0.05, 0.1) is 10.6 Å². The van der Waals surface area contributed by atoms with Crippen LogP contribution in [0.5, 0.6) is 0 Å². The van der Waals surface area contributed by atoms with Crippen LogP contribution in [0.1, 0.15) is 34.5 Å². The number of aromatic nitrogens is 2. The fourth-order valence-corrected chi connectivity index (χ4v) is 5.09. The summed E-state index contributed by atoms with van der Waals surface area (Å²) in [6, 6.07) is 14.8. The molecule has 1 aliphatic rings. The van der Waals surface area contributed by atoms with Gasteiger partial charge in [0.1, 0.15) is 5.56 Å². The van der Waals surface area contributed by atoms with Gasteiger partial charge in [-0.1, -0.05) is 18.2 Å². The van der Waals surface area contributed by atoms with Gasteiger partial charge in [-0.2, -0.15) is 4.31 Å². The van der Waals surface area contributed by atoms with Gasteiger partial charge in [-0.15, -0.1) is 0 Å². The molecule has 0 atom stereocenters. The molecule has 1 aliphatic heterocycles. The number of ketones is 1. The number of benzene rings is 2. The van der Waals surface area contributed by atoms with Crippen LogP contribution in [0.3, 0.4) is 0 Å². The van der Waals surface area contributed by atoms with Gasteiger partial charge < -0.3 is 0 Å². The van der Waals surface area contributed by atoms with Crippen LogP contribution >= 0.6 is 0 Å². The Morgan fingerprint density at radius 1 is 0.966 bits per heavy atom. The summed E-state index contributed by atoms with van der Waals surface area (Å²) < 4.78 is 28.1. The average molecular weight is 411 g/mol. The Bertz CT molecular complexity index is 1200. The third-order valence-electron chi connectivity index (χ3n) is 5.13. The molecule has 150 valence electrons. The predicted octanol–water partition coefficient (Wildman–Crippen LogP) is 2.49. The second-order valence-corrected chi connectivity index (χ2v) is 8.99. The Kier molecular flexibility index (Phi) is 4.97. The van der Waals surface area contributed by atoms with Crippen LogP contribution in [0.15, 0.2) is 64.3 Å². The fourth-order valence-electron chi connectivity index (χ4n) is 3.57. The Balaban J connectivity index is 1.66. The first-order chi connectivity index (χ1) is 13.9. The van der Waals surface area contributed by atoms with Gasteiger partial charge in [-0.25, -0.2) is 13.1 Å². The van der Waals surface area contributed by atoms with Crippen LogP contribution in [0, 0.1) is 6.92 Å². The summed E-state index contributed by atoms with van der Waals surface area (Å²) in [5.41, 5.74) is 0.963. The number of para-hydroxylation sites is 1. The molecule has 7 nitrogen and oxygen atoms in total. The molecule has 0 bridgehead atoms. The highest BCUT2D eigenvalue weighted by Gasteiger charge is 2.27. The van der Waals surface area contributed by atoms with Crippen LogP contribution in [0.25, 0.3) is 5.69 Å². The van der Waals surface area contributed by atoms with Gasteiger partial charge >= 0.3 is 0 Å². The lowest BCUT2D eigenvalue weighted by atomic mass is 10.0. The normalized spacial score (nSPS) is 14.9. The van der Waals surface area contributed by atoms with Crippen LogP contribution in [-0.4, -0.2) is 41.4 Å². The van der Waals surface area contributed by atoms with E-state index in [0.717, 1.165) is 12.8 Å². The largest absolute Gasteiger partial charge is 0.295 e. The maximum Gasteiger partial charge on any atom is 0.282 e. The molecule has 1 saturated heterocycles. The summed E-state index contributed by atoms with van der Waals surface area (Å²) >= 11 is 0. The summed E-state index contributed by atoms with van der Waals surface area (Å²) in [6.07, 6.45) is 1.71. The summed E-state index contributed by atoms with van der Waals surface area (Å²) in [7, 11) is -3.54. The number of carbonyl (C=O) groups excluding carboxylic acids is 1. The number of aromatic amines is 1. The Hall–Kier alpha value is -2.97. The molecular weight excluding hydrogens is 390 g/mol. The molecule has 0 spiro atoms. The van der Waals surface area contributed by atoms with Crippen molar-refractivity contribution in [3.63, 3.8) is 0 Å². The molecule has 1 fully saturated rings. The monoisotopic (exact) mass is 411 g/mol. The molecular formula is C21H21N3O4S. The number of hydrogen-bond acceptors (Lipinski definition) is 4. The zero-order valence-corrected chi connectivity index (χ0v) is 16.8. The number of nitrogens with one attached hydrogen (secondary N) is 1. The minimum atomic E-state index is -3.54. The Morgan fingerprint density at radius 2 is 1.59 bits per heavy atom. The second-order valence-electron chi connectivity index (χ2n) is 7.05. The molecule has 2 aromatic carbocycles. The van der Waals surface area contributed by atoms with Crippen LogP contribution < -0.4 is 5.56 Å². The van der Waals surface area contributed by atoms with Crippen molar-refractivity contribution < 1.29 is 13.2 Å². The van der Waals surface area contributed by atoms with Gasteiger partial charge in [0.15, 0.2) is 5.78 Å². The third-order valence-corrected chi connectivity index (χ3v) is 7.05. The van der Waals surface area contributed by atoms with E-state index in [1.807, 2.05) is 6.07 Å². The molecule has 8 heteroatoms. The van der Waals surface area contributed by atoms with E-state index in [9.17, 15) is 18.0 Å². The molecule has 0 amide bonds. The Labute approximate surface area is 168 Å². The number of hydrogen-bond donors (Lipinski definition) is 1. The Morgan fingerprint density at radius 3 is 2.21 bits per heavy atom. The molecule has 0 radical (unpaired) electrons. The number of nitrogens with zero attached hydrogens (tertiary/aromatic N) is 2. The lowest BCUT2D eigenvalue weighted by Crippen LogP contribution is -2.27.